The number of carbonyl (C=O) groups is 1. The maximum absolute atomic E-state index is 13.5. The van der Waals surface area contributed by atoms with E-state index in [4.69, 9.17) is 21.8 Å². The Labute approximate surface area is 126 Å². The molecule has 21 heavy (non-hydrogen) atoms. The van der Waals surface area contributed by atoms with Gasteiger partial charge < -0.3 is 10.2 Å². The lowest BCUT2D eigenvalue weighted by molar-refractivity contribution is 0.0696. The maximum atomic E-state index is 13.5. The minimum atomic E-state index is -4.06. The Morgan fingerprint density at radius 3 is 2.62 bits per heavy atom. The van der Waals surface area contributed by atoms with Gasteiger partial charge in [-0.3, -0.25) is 0 Å². The summed E-state index contributed by atoms with van der Waals surface area (Å²) in [4.78, 5) is 10.4. The fourth-order valence-corrected chi connectivity index (χ4v) is 2.92. The Hall–Kier alpha value is -1.22. The van der Waals surface area contributed by atoms with Gasteiger partial charge in [-0.15, -0.1) is 0 Å². The Balaban J connectivity index is 3.06. The first-order valence-corrected chi connectivity index (χ1v) is 7.88. The van der Waals surface area contributed by atoms with Gasteiger partial charge >= 0.3 is 5.97 Å². The second kappa shape index (κ2) is 7.17. The largest absolute Gasteiger partial charge is 0.478 e. The number of nitrogens with one attached hydrogen (secondary N) is 1. The molecule has 1 aromatic carbocycles. The summed E-state index contributed by atoms with van der Waals surface area (Å²) in [6.07, 6.45) is 0.401. The first kappa shape index (κ1) is 17.8. The molecule has 0 spiro atoms. The molecule has 1 unspecified atom stereocenters. The van der Waals surface area contributed by atoms with Crippen LogP contribution in [0.15, 0.2) is 17.0 Å². The van der Waals surface area contributed by atoms with E-state index < -0.39 is 37.3 Å². The lowest BCUT2D eigenvalue weighted by atomic mass is 10.1. The molecule has 0 fully saturated rings. The quantitative estimate of drug-likeness (QED) is 0.698. The molecule has 1 atom stereocenters. The molecule has 1 aromatic rings. The minimum absolute atomic E-state index is 0.0372. The molecule has 0 saturated carbocycles. The standard InChI is InChI=1S/C12H15ClFNO5S/c1-7(2-3-16)6-15-21(19,20)8-4-9(12(17)18)11(13)10(14)5-8/h4-5,7,15-16H,2-3,6H2,1H3,(H,17,18). The molecule has 3 N–H and O–H groups in total. The summed E-state index contributed by atoms with van der Waals surface area (Å²) < 4.78 is 39.8. The van der Waals surface area contributed by atoms with E-state index in [1.807, 2.05) is 0 Å². The van der Waals surface area contributed by atoms with E-state index in [0.717, 1.165) is 6.07 Å². The number of hydrogen-bond donors (Lipinski definition) is 3. The highest BCUT2D eigenvalue weighted by molar-refractivity contribution is 7.89. The molecule has 1 rings (SSSR count). The molecule has 0 bridgehead atoms. The summed E-state index contributed by atoms with van der Waals surface area (Å²) in [7, 11) is -4.06. The zero-order valence-corrected chi connectivity index (χ0v) is 12.7. The van der Waals surface area contributed by atoms with Gasteiger partial charge in [0.15, 0.2) is 0 Å². The van der Waals surface area contributed by atoms with Crippen LogP contribution in [0.5, 0.6) is 0 Å². The van der Waals surface area contributed by atoms with Crippen LogP contribution in [0.4, 0.5) is 4.39 Å². The molecule has 0 aliphatic heterocycles. The highest BCUT2D eigenvalue weighted by Crippen LogP contribution is 2.24. The van der Waals surface area contributed by atoms with Gasteiger partial charge in [0.2, 0.25) is 10.0 Å². The van der Waals surface area contributed by atoms with Crippen molar-refractivity contribution in [3.8, 4) is 0 Å². The van der Waals surface area contributed by atoms with E-state index in [1.165, 1.54) is 0 Å². The molecule has 0 aliphatic rings. The number of sulfonamides is 1. The van der Waals surface area contributed by atoms with Crippen molar-refractivity contribution in [2.24, 2.45) is 5.92 Å². The molecule has 118 valence electrons. The van der Waals surface area contributed by atoms with Crippen molar-refractivity contribution in [2.45, 2.75) is 18.2 Å². The Kier molecular flexibility index (Phi) is 6.09. The van der Waals surface area contributed by atoms with Gasteiger partial charge in [-0.25, -0.2) is 22.3 Å². The third kappa shape index (κ3) is 4.63. The fraction of sp³-hybridized carbons (Fsp3) is 0.417. The van der Waals surface area contributed by atoms with Crippen LogP contribution >= 0.6 is 11.6 Å². The molecule has 0 radical (unpaired) electrons. The minimum Gasteiger partial charge on any atom is -0.478 e. The third-order valence-corrected chi connectivity index (χ3v) is 4.57. The van der Waals surface area contributed by atoms with Crippen LogP contribution in [-0.2, 0) is 10.0 Å². The molecule has 0 aliphatic carbocycles. The number of aromatic carboxylic acids is 1. The average molecular weight is 340 g/mol. The number of benzene rings is 1. The monoisotopic (exact) mass is 339 g/mol. The normalized spacial score (nSPS) is 13.1. The summed E-state index contributed by atoms with van der Waals surface area (Å²) in [5.41, 5.74) is -0.625. The van der Waals surface area contributed by atoms with Gasteiger partial charge in [0.1, 0.15) is 5.82 Å². The van der Waals surface area contributed by atoms with Crippen molar-refractivity contribution in [1.82, 2.24) is 4.72 Å². The number of rotatable bonds is 7. The summed E-state index contributed by atoms with van der Waals surface area (Å²) in [5, 5.41) is 17.0. The highest BCUT2D eigenvalue weighted by atomic mass is 35.5. The maximum Gasteiger partial charge on any atom is 0.337 e. The summed E-state index contributed by atoms with van der Waals surface area (Å²) in [6.45, 7) is 1.68. The average Bonchev–Trinajstić information content (AvgIpc) is 2.39. The van der Waals surface area contributed by atoms with Crippen LogP contribution in [0, 0.1) is 11.7 Å². The number of carboxylic acids is 1. The second-order valence-electron chi connectivity index (χ2n) is 4.54. The van der Waals surface area contributed by atoms with Crippen molar-refractivity contribution in [2.75, 3.05) is 13.2 Å². The zero-order valence-electron chi connectivity index (χ0n) is 11.1. The fourth-order valence-electron chi connectivity index (χ4n) is 1.53. The van der Waals surface area contributed by atoms with Crippen LogP contribution in [0.3, 0.4) is 0 Å². The summed E-state index contributed by atoms with van der Waals surface area (Å²) in [6, 6.07) is 1.46. The topological polar surface area (TPSA) is 104 Å². The molecule has 0 aromatic heterocycles. The second-order valence-corrected chi connectivity index (χ2v) is 6.69. The lowest BCUT2D eigenvalue weighted by Gasteiger charge is -2.12. The zero-order chi connectivity index (χ0) is 16.2. The molecular formula is C12H15ClFNO5S. The highest BCUT2D eigenvalue weighted by Gasteiger charge is 2.22. The van der Waals surface area contributed by atoms with Crippen LogP contribution in [-0.4, -0.2) is 37.8 Å². The summed E-state index contributed by atoms with van der Waals surface area (Å²) >= 11 is 5.48. The Morgan fingerprint density at radius 2 is 2.10 bits per heavy atom. The van der Waals surface area contributed by atoms with Crippen LogP contribution in [0.2, 0.25) is 5.02 Å². The SMILES string of the molecule is CC(CCO)CNS(=O)(=O)c1cc(F)c(Cl)c(C(=O)O)c1. The predicted octanol–water partition coefficient (Wildman–Crippen LogP) is 1.47. The van der Waals surface area contributed by atoms with Crippen LogP contribution < -0.4 is 4.72 Å². The smallest absolute Gasteiger partial charge is 0.337 e. The van der Waals surface area contributed by atoms with Gasteiger partial charge in [-0.1, -0.05) is 18.5 Å². The predicted molar refractivity (Wildman–Crippen MR) is 74.4 cm³/mol. The Bertz CT molecular complexity index is 635. The van der Waals surface area contributed by atoms with Crippen molar-refractivity contribution in [1.29, 1.82) is 0 Å². The van der Waals surface area contributed by atoms with Crippen molar-refractivity contribution >= 4 is 27.6 Å². The van der Waals surface area contributed by atoms with E-state index in [2.05, 4.69) is 4.72 Å². The van der Waals surface area contributed by atoms with Gasteiger partial charge in [0.05, 0.1) is 15.5 Å². The molecule has 9 heteroatoms. The molecule has 6 nitrogen and oxygen atoms in total. The van der Waals surface area contributed by atoms with Gasteiger partial charge in [0, 0.05) is 13.2 Å². The first-order valence-electron chi connectivity index (χ1n) is 6.02. The van der Waals surface area contributed by atoms with E-state index in [0.29, 0.717) is 12.5 Å². The van der Waals surface area contributed by atoms with E-state index in [1.54, 1.807) is 6.92 Å². The van der Waals surface area contributed by atoms with Crippen molar-refractivity contribution in [3.63, 3.8) is 0 Å². The Morgan fingerprint density at radius 1 is 1.48 bits per heavy atom. The summed E-state index contributed by atoms with van der Waals surface area (Å²) in [5.74, 6) is -2.77. The number of carboxylic acid groups (broad SMARTS) is 1. The van der Waals surface area contributed by atoms with Crippen molar-refractivity contribution < 1.29 is 27.8 Å². The molecule has 0 amide bonds. The number of halogens is 2. The lowest BCUT2D eigenvalue weighted by Crippen LogP contribution is -2.29. The van der Waals surface area contributed by atoms with Crippen LogP contribution in [0.25, 0.3) is 0 Å². The van der Waals surface area contributed by atoms with E-state index in [-0.39, 0.29) is 19.1 Å². The van der Waals surface area contributed by atoms with Crippen molar-refractivity contribution in [3.05, 3.63) is 28.5 Å². The van der Waals surface area contributed by atoms with Gasteiger partial charge in [-0.05, 0) is 24.5 Å². The van der Waals surface area contributed by atoms with E-state index >= 15 is 0 Å². The molecule has 0 saturated heterocycles. The van der Waals surface area contributed by atoms with Gasteiger partial charge in [0.25, 0.3) is 0 Å². The van der Waals surface area contributed by atoms with Gasteiger partial charge in [-0.2, -0.15) is 0 Å². The third-order valence-electron chi connectivity index (χ3n) is 2.79. The first-order chi connectivity index (χ1) is 9.69. The van der Waals surface area contributed by atoms with E-state index in [9.17, 15) is 17.6 Å². The molecule has 0 heterocycles. The number of hydrogen-bond acceptors (Lipinski definition) is 4. The number of aliphatic hydroxyl groups excluding tert-OH is 1. The number of aliphatic hydroxyl groups is 1. The van der Waals surface area contributed by atoms with Crippen LogP contribution in [0.1, 0.15) is 23.7 Å². The molecular weight excluding hydrogens is 325 g/mol.